The van der Waals surface area contributed by atoms with Gasteiger partial charge in [0.25, 0.3) is 0 Å². The summed E-state index contributed by atoms with van der Waals surface area (Å²) < 4.78 is 13.7. The molecule has 138 valence electrons. The minimum atomic E-state index is -0.474. The maximum atomic E-state index is 13.7. The number of anilines is 1. The smallest absolute Gasteiger partial charge is 0.234 e. The number of aromatic nitrogens is 3. The third kappa shape index (κ3) is 3.84. The average Bonchev–Trinajstić information content (AvgIpc) is 2.74. The number of para-hydroxylation sites is 1. The lowest BCUT2D eigenvalue weighted by Gasteiger charge is -2.10. The highest BCUT2D eigenvalue weighted by atomic mass is 32.2. The zero-order valence-corrected chi connectivity index (χ0v) is 15.5. The van der Waals surface area contributed by atoms with E-state index in [0.29, 0.717) is 10.7 Å². The number of nitrogens with zero attached hydrogens (tertiary/aromatic N) is 3. The van der Waals surface area contributed by atoms with Crippen molar-refractivity contribution in [3.8, 4) is 11.3 Å². The molecule has 0 radical (unpaired) electrons. The van der Waals surface area contributed by atoms with Gasteiger partial charge in [-0.1, -0.05) is 66.4 Å². The number of benzene rings is 3. The first-order valence-corrected chi connectivity index (χ1v) is 9.54. The standard InChI is InChI=1S/C21H15FN4OS/c22-17-10-3-4-11-18(17)25-19(27)12-28-21-20(23-13-24-26-21)16-9-5-7-14-6-1-2-8-15(14)16/h1-11,13H,12H2,(H,25,27). The van der Waals surface area contributed by atoms with Crippen molar-refractivity contribution in [3.05, 3.63) is 78.9 Å². The predicted octanol–water partition coefficient (Wildman–Crippen LogP) is 4.56. The molecule has 1 amide bonds. The maximum absolute atomic E-state index is 13.7. The summed E-state index contributed by atoms with van der Waals surface area (Å²) in [7, 11) is 0. The van der Waals surface area contributed by atoms with Crippen LogP contribution in [-0.2, 0) is 4.79 Å². The van der Waals surface area contributed by atoms with E-state index >= 15 is 0 Å². The first-order chi connectivity index (χ1) is 13.7. The fourth-order valence-corrected chi connectivity index (χ4v) is 3.61. The van der Waals surface area contributed by atoms with Gasteiger partial charge in [0.05, 0.1) is 11.4 Å². The Hall–Kier alpha value is -3.32. The Morgan fingerprint density at radius 1 is 1.00 bits per heavy atom. The zero-order valence-electron chi connectivity index (χ0n) is 14.7. The van der Waals surface area contributed by atoms with Crippen molar-refractivity contribution in [1.29, 1.82) is 0 Å². The summed E-state index contributed by atoms with van der Waals surface area (Å²) in [5, 5.41) is 13.3. The van der Waals surface area contributed by atoms with Gasteiger partial charge >= 0.3 is 0 Å². The lowest BCUT2D eigenvalue weighted by atomic mass is 10.0. The molecule has 4 rings (SSSR count). The van der Waals surface area contributed by atoms with Gasteiger partial charge in [0, 0.05) is 5.56 Å². The lowest BCUT2D eigenvalue weighted by molar-refractivity contribution is -0.113. The fourth-order valence-electron chi connectivity index (χ4n) is 2.86. The number of amides is 1. The average molecular weight is 390 g/mol. The Bertz CT molecular complexity index is 1150. The molecule has 0 aliphatic carbocycles. The second-order valence-electron chi connectivity index (χ2n) is 5.96. The van der Waals surface area contributed by atoms with Crippen LogP contribution in [0.3, 0.4) is 0 Å². The normalized spacial score (nSPS) is 10.8. The van der Waals surface area contributed by atoms with Crippen LogP contribution >= 0.6 is 11.8 Å². The molecule has 0 saturated carbocycles. The van der Waals surface area contributed by atoms with Crippen LogP contribution in [0.25, 0.3) is 22.0 Å². The summed E-state index contributed by atoms with van der Waals surface area (Å²) in [6.07, 6.45) is 1.39. The van der Waals surface area contributed by atoms with E-state index in [1.807, 2.05) is 42.5 Å². The minimum Gasteiger partial charge on any atom is -0.323 e. The predicted molar refractivity (Wildman–Crippen MR) is 109 cm³/mol. The number of halogens is 1. The van der Waals surface area contributed by atoms with E-state index in [0.717, 1.165) is 16.3 Å². The summed E-state index contributed by atoms with van der Waals surface area (Å²) in [4.78, 5) is 16.6. The second kappa shape index (κ2) is 8.14. The van der Waals surface area contributed by atoms with Crippen LogP contribution < -0.4 is 5.32 Å². The molecular formula is C21H15FN4OS. The Morgan fingerprint density at radius 2 is 1.79 bits per heavy atom. The van der Waals surface area contributed by atoms with Gasteiger partial charge < -0.3 is 5.32 Å². The van der Waals surface area contributed by atoms with Crippen LogP contribution in [0.5, 0.6) is 0 Å². The summed E-state index contributed by atoms with van der Waals surface area (Å²) in [5.74, 6) is -0.741. The number of rotatable bonds is 5. The topological polar surface area (TPSA) is 67.8 Å². The molecular weight excluding hydrogens is 375 g/mol. The molecule has 0 spiro atoms. The lowest BCUT2D eigenvalue weighted by Crippen LogP contribution is -2.15. The fraction of sp³-hybridized carbons (Fsp3) is 0.0476. The summed E-state index contributed by atoms with van der Waals surface area (Å²) >= 11 is 1.21. The van der Waals surface area contributed by atoms with Crippen molar-refractivity contribution < 1.29 is 9.18 Å². The molecule has 0 aliphatic heterocycles. The van der Waals surface area contributed by atoms with Crippen LogP contribution in [0, 0.1) is 5.82 Å². The van der Waals surface area contributed by atoms with E-state index in [4.69, 9.17) is 0 Å². The molecule has 28 heavy (non-hydrogen) atoms. The SMILES string of the molecule is O=C(CSc1nncnc1-c1cccc2ccccc12)Nc1ccccc1F. The number of carbonyl (C=O) groups excluding carboxylic acids is 1. The van der Waals surface area contributed by atoms with Crippen molar-refractivity contribution in [3.63, 3.8) is 0 Å². The second-order valence-corrected chi connectivity index (χ2v) is 6.92. The molecule has 5 nitrogen and oxygen atoms in total. The number of nitrogens with one attached hydrogen (secondary N) is 1. The first kappa shape index (κ1) is 18.1. The van der Waals surface area contributed by atoms with E-state index in [2.05, 4.69) is 20.5 Å². The monoisotopic (exact) mass is 390 g/mol. The molecule has 0 saturated heterocycles. The molecule has 1 N–H and O–H groups in total. The Kier molecular flexibility index (Phi) is 5.25. The Balaban J connectivity index is 1.57. The molecule has 0 fully saturated rings. The molecule has 0 atom stereocenters. The van der Waals surface area contributed by atoms with Gasteiger partial charge in [-0.3, -0.25) is 4.79 Å². The molecule has 4 aromatic rings. The maximum Gasteiger partial charge on any atom is 0.234 e. The number of fused-ring (bicyclic) bond motifs is 1. The molecule has 1 heterocycles. The van der Waals surface area contributed by atoms with Gasteiger partial charge in [-0.15, -0.1) is 10.2 Å². The quantitative estimate of drug-likeness (QED) is 0.506. The number of hydrogen-bond acceptors (Lipinski definition) is 5. The summed E-state index contributed by atoms with van der Waals surface area (Å²) in [6.45, 7) is 0. The Labute approximate surface area is 165 Å². The van der Waals surface area contributed by atoms with Crippen molar-refractivity contribution in [2.24, 2.45) is 0 Å². The third-order valence-electron chi connectivity index (χ3n) is 4.12. The van der Waals surface area contributed by atoms with Gasteiger partial charge in [-0.25, -0.2) is 9.37 Å². The van der Waals surface area contributed by atoms with E-state index in [1.165, 1.54) is 30.2 Å². The molecule has 7 heteroatoms. The zero-order chi connectivity index (χ0) is 19.3. The third-order valence-corrected chi connectivity index (χ3v) is 5.08. The van der Waals surface area contributed by atoms with E-state index in [-0.39, 0.29) is 17.3 Å². The number of hydrogen-bond donors (Lipinski definition) is 1. The highest BCUT2D eigenvalue weighted by Crippen LogP contribution is 2.32. The van der Waals surface area contributed by atoms with E-state index < -0.39 is 5.82 Å². The van der Waals surface area contributed by atoms with Gasteiger partial charge in [0.15, 0.2) is 0 Å². The number of thioether (sulfide) groups is 1. The Morgan fingerprint density at radius 3 is 2.68 bits per heavy atom. The largest absolute Gasteiger partial charge is 0.323 e. The van der Waals surface area contributed by atoms with Gasteiger partial charge in [0.1, 0.15) is 22.9 Å². The summed E-state index contributed by atoms with van der Waals surface area (Å²) in [6, 6.07) is 20.0. The first-order valence-electron chi connectivity index (χ1n) is 8.55. The highest BCUT2D eigenvalue weighted by Gasteiger charge is 2.14. The van der Waals surface area contributed by atoms with Crippen LogP contribution in [0.1, 0.15) is 0 Å². The molecule has 0 unspecified atom stereocenters. The van der Waals surface area contributed by atoms with Crippen LogP contribution in [0.2, 0.25) is 0 Å². The highest BCUT2D eigenvalue weighted by molar-refractivity contribution is 8.00. The number of carbonyl (C=O) groups is 1. The van der Waals surface area contributed by atoms with Crippen molar-refractivity contribution in [2.75, 3.05) is 11.1 Å². The van der Waals surface area contributed by atoms with Crippen molar-refractivity contribution in [2.45, 2.75) is 5.03 Å². The molecule has 0 bridgehead atoms. The van der Waals surface area contributed by atoms with Crippen LogP contribution in [-0.4, -0.2) is 26.8 Å². The van der Waals surface area contributed by atoms with Crippen LogP contribution in [0.4, 0.5) is 10.1 Å². The molecule has 3 aromatic carbocycles. The minimum absolute atomic E-state index is 0.0620. The van der Waals surface area contributed by atoms with E-state index in [1.54, 1.807) is 12.1 Å². The van der Waals surface area contributed by atoms with E-state index in [9.17, 15) is 9.18 Å². The van der Waals surface area contributed by atoms with Gasteiger partial charge in [-0.2, -0.15) is 0 Å². The molecule has 0 aliphatic rings. The summed E-state index contributed by atoms with van der Waals surface area (Å²) in [5.41, 5.74) is 1.74. The van der Waals surface area contributed by atoms with Gasteiger partial charge in [0.2, 0.25) is 5.91 Å². The van der Waals surface area contributed by atoms with Gasteiger partial charge in [-0.05, 0) is 22.9 Å². The van der Waals surface area contributed by atoms with Crippen molar-refractivity contribution in [1.82, 2.24) is 15.2 Å². The van der Waals surface area contributed by atoms with Crippen LogP contribution in [0.15, 0.2) is 78.1 Å². The molecule has 1 aromatic heterocycles. The van der Waals surface area contributed by atoms with Crippen molar-refractivity contribution >= 4 is 34.1 Å².